The lowest BCUT2D eigenvalue weighted by atomic mass is 10.1. The number of hydrogen-bond donors (Lipinski definition) is 0. The van der Waals surface area contributed by atoms with Gasteiger partial charge in [-0.1, -0.05) is 0 Å². The Morgan fingerprint density at radius 2 is 1.92 bits per heavy atom. The summed E-state index contributed by atoms with van der Waals surface area (Å²) in [6.07, 6.45) is -5.05. The third kappa shape index (κ3) is 3.12. The topological polar surface area (TPSA) is 52.3 Å². The molecule has 0 saturated heterocycles. The predicted octanol–water partition coefficient (Wildman–Crippen LogP) is 3.94. The number of halogens is 5. The number of rotatable bonds is 3. The number of hydrogen-bond acceptors (Lipinski definition) is 4. The molecule has 10 heteroatoms. The maximum Gasteiger partial charge on any atom is 0.573 e. The average molecular weight is 344 g/mol. The molecule has 0 aliphatic rings. The van der Waals surface area contributed by atoms with E-state index in [0.29, 0.717) is 16.8 Å². The lowest BCUT2D eigenvalue weighted by Crippen LogP contribution is -2.17. The van der Waals surface area contributed by atoms with Gasteiger partial charge in [0, 0.05) is 11.8 Å². The summed E-state index contributed by atoms with van der Waals surface area (Å²) in [5.74, 6) is -0.911. The monoisotopic (exact) mass is 344 g/mol. The van der Waals surface area contributed by atoms with Crippen LogP contribution in [0.5, 0.6) is 5.75 Å². The van der Waals surface area contributed by atoms with Crippen molar-refractivity contribution >= 4 is 5.65 Å². The van der Waals surface area contributed by atoms with Crippen LogP contribution in [0.2, 0.25) is 0 Å². The van der Waals surface area contributed by atoms with E-state index in [0.717, 1.165) is 10.5 Å². The molecule has 0 fully saturated rings. The summed E-state index contributed by atoms with van der Waals surface area (Å²) < 4.78 is 67.4. The van der Waals surface area contributed by atoms with Gasteiger partial charge in [0.05, 0.1) is 11.9 Å². The van der Waals surface area contributed by atoms with Gasteiger partial charge in [-0.2, -0.15) is 0 Å². The van der Waals surface area contributed by atoms with E-state index in [2.05, 4.69) is 19.9 Å². The van der Waals surface area contributed by atoms with E-state index in [9.17, 15) is 22.0 Å². The molecule has 0 saturated carbocycles. The normalized spacial score (nSPS) is 12.1. The number of aromatic nitrogens is 4. The SMILES string of the molecule is Cc1cc(OC(F)(F)F)ccc1-c1cn2c(C(F)F)nnc2cn1. The number of nitrogens with zero attached hydrogens (tertiary/aromatic N) is 4. The Kier molecular flexibility index (Phi) is 3.82. The van der Waals surface area contributed by atoms with Gasteiger partial charge in [-0.3, -0.25) is 9.38 Å². The van der Waals surface area contributed by atoms with Crippen molar-refractivity contribution in [3.8, 4) is 17.0 Å². The Morgan fingerprint density at radius 3 is 2.54 bits per heavy atom. The van der Waals surface area contributed by atoms with Gasteiger partial charge in [-0.15, -0.1) is 23.4 Å². The van der Waals surface area contributed by atoms with Crippen LogP contribution in [-0.2, 0) is 0 Å². The van der Waals surface area contributed by atoms with Crippen LogP contribution >= 0.6 is 0 Å². The Balaban J connectivity index is 2.02. The highest BCUT2D eigenvalue weighted by atomic mass is 19.4. The van der Waals surface area contributed by atoms with Gasteiger partial charge in [0.15, 0.2) is 5.65 Å². The molecule has 24 heavy (non-hydrogen) atoms. The highest BCUT2D eigenvalue weighted by molar-refractivity contribution is 5.65. The number of fused-ring (bicyclic) bond motifs is 1. The molecule has 0 aliphatic heterocycles. The Labute approximate surface area is 131 Å². The van der Waals surface area contributed by atoms with E-state index in [1.807, 2.05) is 0 Å². The van der Waals surface area contributed by atoms with Crippen LogP contribution in [0.1, 0.15) is 17.8 Å². The van der Waals surface area contributed by atoms with Gasteiger partial charge in [0.25, 0.3) is 6.43 Å². The molecule has 0 bridgehead atoms. The number of ether oxygens (including phenoxy) is 1. The fourth-order valence-corrected chi connectivity index (χ4v) is 2.23. The van der Waals surface area contributed by atoms with E-state index in [-0.39, 0.29) is 11.4 Å². The highest BCUT2D eigenvalue weighted by Crippen LogP contribution is 2.29. The van der Waals surface area contributed by atoms with E-state index >= 15 is 0 Å². The molecule has 5 nitrogen and oxygen atoms in total. The molecule has 0 atom stereocenters. The van der Waals surface area contributed by atoms with Crippen LogP contribution in [0.3, 0.4) is 0 Å². The maximum absolute atomic E-state index is 12.9. The van der Waals surface area contributed by atoms with Gasteiger partial charge < -0.3 is 4.74 Å². The Bertz CT molecular complexity index is 890. The molecule has 2 aromatic heterocycles. The lowest BCUT2D eigenvalue weighted by Gasteiger charge is -2.11. The maximum atomic E-state index is 12.9. The molecule has 0 radical (unpaired) electrons. The Morgan fingerprint density at radius 1 is 1.17 bits per heavy atom. The second-order valence-electron chi connectivity index (χ2n) is 4.88. The summed E-state index contributed by atoms with van der Waals surface area (Å²) in [5, 5.41) is 6.96. The largest absolute Gasteiger partial charge is 0.573 e. The van der Waals surface area contributed by atoms with Crippen molar-refractivity contribution in [3.05, 3.63) is 42.0 Å². The fourth-order valence-electron chi connectivity index (χ4n) is 2.23. The number of alkyl halides is 5. The molecule has 0 amide bonds. The van der Waals surface area contributed by atoms with E-state index in [1.54, 1.807) is 6.92 Å². The standard InChI is InChI=1S/C14H9F5N4O/c1-7-4-8(24-14(17,18)19)2-3-9(7)10-6-23-11(5-20-10)21-22-13(23)12(15)16/h2-6,12H,1H3. The number of benzene rings is 1. The summed E-state index contributed by atoms with van der Waals surface area (Å²) in [5.41, 5.74) is 1.35. The quantitative estimate of drug-likeness (QED) is 0.676. The van der Waals surface area contributed by atoms with Gasteiger partial charge in [-0.05, 0) is 30.7 Å². The van der Waals surface area contributed by atoms with Crippen molar-refractivity contribution in [1.82, 2.24) is 19.6 Å². The van der Waals surface area contributed by atoms with Crippen LogP contribution in [-0.4, -0.2) is 25.9 Å². The lowest BCUT2D eigenvalue weighted by molar-refractivity contribution is -0.274. The van der Waals surface area contributed by atoms with Crippen molar-refractivity contribution in [2.24, 2.45) is 0 Å². The van der Waals surface area contributed by atoms with Crippen LogP contribution in [0.15, 0.2) is 30.6 Å². The highest BCUT2D eigenvalue weighted by Gasteiger charge is 2.31. The van der Waals surface area contributed by atoms with Gasteiger partial charge >= 0.3 is 6.36 Å². The molecule has 0 unspecified atom stereocenters. The van der Waals surface area contributed by atoms with Crippen LogP contribution in [0.25, 0.3) is 16.9 Å². The molecular formula is C14H9F5N4O. The van der Waals surface area contributed by atoms with Crippen LogP contribution in [0, 0.1) is 6.92 Å². The molecule has 3 aromatic rings. The van der Waals surface area contributed by atoms with Crippen molar-refractivity contribution in [2.75, 3.05) is 0 Å². The zero-order valence-corrected chi connectivity index (χ0v) is 12.1. The van der Waals surface area contributed by atoms with Gasteiger partial charge in [0.1, 0.15) is 5.75 Å². The first-order valence-electron chi connectivity index (χ1n) is 6.60. The zero-order chi connectivity index (χ0) is 17.5. The molecule has 0 N–H and O–H groups in total. The number of aryl methyl sites for hydroxylation is 1. The second kappa shape index (κ2) is 5.69. The molecule has 0 aliphatic carbocycles. The third-order valence-corrected chi connectivity index (χ3v) is 3.22. The summed E-state index contributed by atoms with van der Waals surface area (Å²) in [6.45, 7) is 1.56. The second-order valence-corrected chi connectivity index (χ2v) is 4.88. The molecule has 126 valence electrons. The first-order chi connectivity index (χ1) is 11.2. The van der Waals surface area contributed by atoms with Crippen LogP contribution in [0.4, 0.5) is 22.0 Å². The summed E-state index contributed by atoms with van der Waals surface area (Å²) in [6, 6.07) is 3.69. The molecule has 2 heterocycles. The van der Waals surface area contributed by atoms with E-state index < -0.39 is 18.6 Å². The minimum absolute atomic E-state index is 0.142. The molecular weight excluding hydrogens is 335 g/mol. The van der Waals surface area contributed by atoms with Crippen molar-refractivity contribution in [3.63, 3.8) is 0 Å². The Hall–Kier alpha value is -2.78. The zero-order valence-electron chi connectivity index (χ0n) is 12.1. The fraction of sp³-hybridized carbons (Fsp3) is 0.214. The first-order valence-corrected chi connectivity index (χ1v) is 6.60. The minimum Gasteiger partial charge on any atom is -0.406 e. The smallest absolute Gasteiger partial charge is 0.406 e. The molecule has 3 rings (SSSR count). The molecule has 1 aromatic carbocycles. The van der Waals surface area contributed by atoms with Crippen molar-refractivity contribution in [2.45, 2.75) is 19.7 Å². The molecule has 0 spiro atoms. The summed E-state index contributed by atoms with van der Waals surface area (Å²) in [7, 11) is 0. The predicted molar refractivity (Wildman–Crippen MR) is 72.6 cm³/mol. The third-order valence-electron chi connectivity index (χ3n) is 3.22. The summed E-state index contributed by atoms with van der Waals surface area (Å²) >= 11 is 0. The van der Waals surface area contributed by atoms with Gasteiger partial charge in [-0.25, -0.2) is 8.78 Å². The van der Waals surface area contributed by atoms with E-state index in [1.165, 1.54) is 24.5 Å². The van der Waals surface area contributed by atoms with Gasteiger partial charge in [0.2, 0.25) is 5.82 Å². The van der Waals surface area contributed by atoms with Crippen molar-refractivity contribution < 1.29 is 26.7 Å². The first kappa shape index (κ1) is 16.1. The average Bonchev–Trinajstić information content (AvgIpc) is 2.88. The van der Waals surface area contributed by atoms with Crippen LogP contribution < -0.4 is 4.74 Å². The van der Waals surface area contributed by atoms with Crippen molar-refractivity contribution in [1.29, 1.82) is 0 Å². The summed E-state index contributed by atoms with van der Waals surface area (Å²) in [4.78, 5) is 4.08. The van der Waals surface area contributed by atoms with E-state index in [4.69, 9.17) is 0 Å². The minimum atomic E-state index is -4.79.